The SMILES string of the molecule is CCNCC(Cc1ccnn1CC)c1ccccc1. The van der Waals surface area contributed by atoms with Gasteiger partial charge in [0.15, 0.2) is 0 Å². The van der Waals surface area contributed by atoms with Crippen molar-refractivity contribution in [3.05, 3.63) is 53.9 Å². The molecule has 2 rings (SSSR count). The molecule has 1 atom stereocenters. The van der Waals surface area contributed by atoms with Gasteiger partial charge in [-0.05, 0) is 31.5 Å². The van der Waals surface area contributed by atoms with E-state index >= 15 is 0 Å². The van der Waals surface area contributed by atoms with Gasteiger partial charge in [-0.3, -0.25) is 4.68 Å². The maximum Gasteiger partial charge on any atom is 0.0492 e. The molecule has 19 heavy (non-hydrogen) atoms. The van der Waals surface area contributed by atoms with Crippen LogP contribution in [0.15, 0.2) is 42.6 Å². The number of nitrogens with one attached hydrogen (secondary N) is 1. The first kappa shape index (κ1) is 13.8. The number of nitrogens with zero attached hydrogens (tertiary/aromatic N) is 2. The second-order valence-corrected chi connectivity index (χ2v) is 4.76. The van der Waals surface area contributed by atoms with Gasteiger partial charge in [0.2, 0.25) is 0 Å². The third-order valence-corrected chi connectivity index (χ3v) is 3.47. The summed E-state index contributed by atoms with van der Waals surface area (Å²) >= 11 is 0. The Balaban J connectivity index is 2.14. The number of aryl methyl sites for hydroxylation is 1. The van der Waals surface area contributed by atoms with Crippen molar-refractivity contribution in [3.8, 4) is 0 Å². The summed E-state index contributed by atoms with van der Waals surface area (Å²) in [5.74, 6) is 0.503. The van der Waals surface area contributed by atoms with E-state index in [1.165, 1.54) is 11.3 Å². The minimum absolute atomic E-state index is 0.503. The Morgan fingerprint density at radius 1 is 1.16 bits per heavy atom. The molecule has 2 aromatic rings. The average molecular weight is 257 g/mol. The summed E-state index contributed by atoms with van der Waals surface area (Å²) < 4.78 is 2.09. The lowest BCUT2D eigenvalue weighted by atomic mass is 9.94. The van der Waals surface area contributed by atoms with E-state index < -0.39 is 0 Å². The number of aromatic nitrogens is 2. The largest absolute Gasteiger partial charge is 0.316 e. The van der Waals surface area contributed by atoms with Crippen molar-refractivity contribution >= 4 is 0 Å². The van der Waals surface area contributed by atoms with Crippen LogP contribution in [0.25, 0.3) is 0 Å². The van der Waals surface area contributed by atoms with Crippen LogP contribution in [-0.4, -0.2) is 22.9 Å². The number of hydrogen-bond acceptors (Lipinski definition) is 2. The van der Waals surface area contributed by atoms with E-state index in [9.17, 15) is 0 Å². The van der Waals surface area contributed by atoms with E-state index in [0.29, 0.717) is 5.92 Å². The third-order valence-electron chi connectivity index (χ3n) is 3.47. The van der Waals surface area contributed by atoms with Crippen LogP contribution in [0.1, 0.15) is 31.0 Å². The molecule has 0 bridgehead atoms. The average Bonchev–Trinajstić information content (AvgIpc) is 2.91. The molecular formula is C16H23N3. The summed E-state index contributed by atoms with van der Waals surface area (Å²) in [5.41, 5.74) is 2.71. The molecule has 102 valence electrons. The second kappa shape index (κ2) is 7.10. The summed E-state index contributed by atoms with van der Waals surface area (Å²) in [6.07, 6.45) is 2.93. The maximum absolute atomic E-state index is 4.36. The van der Waals surface area contributed by atoms with Crippen LogP contribution in [-0.2, 0) is 13.0 Å². The highest BCUT2D eigenvalue weighted by atomic mass is 15.3. The molecule has 1 unspecified atom stereocenters. The van der Waals surface area contributed by atoms with E-state index in [-0.39, 0.29) is 0 Å². The van der Waals surface area contributed by atoms with Gasteiger partial charge in [0, 0.05) is 30.9 Å². The van der Waals surface area contributed by atoms with Crippen LogP contribution >= 0.6 is 0 Å². The fourth-order valence-corrected chi connectivity index (χ4v) is 2.42. The van der Waals surface area contributed by atoms with Gasteiger partial charge in [0.05, 0.1) is 0 Å². The molecule has 0 spiro atoms. The van der Waals surface area contributed by atoms with Gasteiger partial charge in [-0.1, -0.05) is 37.3 Å². The first-order chi connectivity index (χ1) is 9.35. The van der Waals surface area contributed by atoms with E-state index in [1.54, 1.807) is 0 Å². The molecule has 0 amide bonds. The summed E-state index contributed by atoms with van der Waals surface area (Å²) in [6.45, 7) is 7.24. The van der Waals surface area contributed by atoms with Crippen LogP contribution < -0.4 is 5.32 Å². The van der Waals surface area contributed by atoms with Crippen molar-refractivity contribution in [2.45, 2.75) is 32.7 Å². The Hall–Kier alpha value is -1.61. The molecule has 1 N–H and O–H groups in total. The Labute approximate surface area is 115 Å². The first-order valence-electron chi connectivity index (χ1n) is 7.11. The van der Waals surface area contributed by atoms with Crippen molar-refractivity contribution in [1.82, 2.24) is 15.1 Å². The molecule has 0 saturated heterocycles. The topological polar surface area (TPSA) is 29.9 Å². The number of likely N-dealkylation sites (N-methyl/N-ethyl adjacent to an activating group) is 1. The van der Waals surface area contributed by atoms with Gasteiger partial charge in [-0.25, -0.2) is 0 Å². The summed E-state index contributed by atoms with van der Waals surface area (Å²) in [7, 11) is 0. The molecule has 1 aromatic carbocycles. The van der Waals surface area contributed by atoms with Crippen LogP contribution in [0.2, 0.25) is 0 Å². The molecule has 0 fully saturated rings. The molecule has 1 heterocycles. The van der Waals surface area contributed by atoms with Crippen molar-refractivity contribution in [1.29, 1.82) is 0 Å². The van der Waals surface area contributed by atoms with E-state index in [0.717, 1.165) is 26.1 Å². The van der Waals surface area contributed by atoms with Gasteiger partial charge in [0.1, 0.15) is 0 Å². The predicted octanol–water partition coefficient (Wildman–Crippen LogP) is 2.84. The Kier molecular flexibility index (Phi) is 5.16. The normalized spacial score (nSPS) is 12.5. The Morgan fingerprint density at radius 2 is 1.95 bits per heavy atom. The zero-order valence-corrected chi connectivity index (χ0v) is 11.8. The molecule has 0 saturated carbocycles. The first-order valence-corrected chi connectivity index (χ1v) is 7.11. The molecule has 0 aliphatic heterocycles. The standard InChI is InChI=1S/C16H23N3/c1-3-17-13-15(14-8-6-5-7-9-14)12-16-10-11-18-19(16)4-2/h5-11,15,17H,3-4,12-13H2,1-2H3. The lowest BCUT2D eigenvalue weighted by Gasteiger charge is -2.18. The molecule has 3 nitrogen and oxygen atoms in total. The van der Waals surface area contributed by atoms with Crippen molar-refractivity contribution < 1.29 is 0 Å². The van der Waals surface area contributed by atoms with Crippen LogP contribution in [0.5, 0.6) is 0 Å². The predicted molar refractivity (Wildman–Crippen MR) is 79.3 cm³/mol. The smallest absolute Gasteiger partial charge is 0.0492 e. The Morgan fingerprint density at radius 3 is 2.63 bits per heavy atom. The molecule has 0 aliphatic carbocycles. The van der Waals surface area contributed by atoms with Crippen molar-refractivity contribution in [2.24, 2.45) is 0 Å². The van der Waals surface area contributed by atoms with Gasteiger partial charge in [-0.2, -0.15) is 5.10 Å². The number of rotatable bonds is 7. The van der Waals surface area contributed by atoms with Gasteiger partial charge in [0.25, 0.3) is 0 Å². The number of benzene rings is 1. The van der Waals surface area contributed by atoms with E-state index in [1.807, 2.05) is 6.20 Å². The summed E-state index contributed by atoms with van der Waals surface area (Å²) in [6, 6.07) is 12.9. The van der Waals surface area contributed by atoms with Gasteiger partial charge in [-0.15, -0.1) is 0 Å². The highest BCUT2D eigenvalue weighted by Crippen LogP contribution is 2.20. The molecule has 3 heteroatoms. The maximum atomic E-state index is 4.36. The zero-order valence-electron chi connectivity index (χ0n) is 11.8. The third kappa shape index (κ3) is 3.67. The van der Waals surface area contributed by atoms with Gasteiger partial charge < -0.3 is 5.32 Å². The monoisotopic (exact) mass is 257 g/mol. The summed E-state index contributed by atoms with van der Waals surface area (Å²) in [4.78, 5) is 0. The minimum Gasteiger partial charge on any atom is -0.316 e. The number of hydrogen-bond donors (Lipinski definition) is 1. The zero-order chi connectivity index (χ0) is 13.5. The molecule has 1 aromatic heterocycles. The minimum atomic E-state index is 0.503. The van der Waals surface area contributed by atoms with Crippen LogP contribution in [0.3, 0.4) is 0 Å². The van der Waals surface area contributed by atoms with Crippen LogP contribution in [0.4, 0.5) is 0 Å². The summed E-state index contributed by atoms with van der Waals surface area (Å²) in [5, 5.41) is 7.83. The molecule has 0 radical (unpaired) electrons. The highest BCUT2D eigenvalue weighted by Gasteiger charge is 2.14. The molecule has 0 aliphatic rings. The Bertz CT molecular complexity index is 476. The molecular weight excluding hydrogens is 234 g/mol. The van der Waals surface area contributed by atoms with Crippen molar-refractivity contribution in [2.75, 3.05) is 13.1 Å². The lowest BCUT2D eigenvalue weighted by Crippen LogP contribution is -2.23. The second-order valence-electron chi connectivity index (χ2n) is 4.76. The van der Waals surface area contributed by atoms with E-state index in [2.05, 4.69) is 65.3 Å². The van der Waals surface area contributed by atoms with Gasteiger partial charge >= 0.3 is 0 Å². The quantitative estimate of drug-likeness (QED) is 0.826. The fourth-order valence-electron chi connectivity index (χ4n) is 2.42. The van der Waals surface area contributed by atoms with Crippen molar-refractivity contribution in [3.63, 3.8) is 0 Å². The van der Waals surface area contributed by atoms with Crippen LogP contribution in [0, 0.1) is 0 Å². The lowest BCUT2D eigenvalue weighted by molar-refractivity contribution is 0.552. The highest BCUT2D eigenvalue weighted by molar-refractivity contribution is 5.22. The fraction of sp³-hybridized carbons (Fsp3) is 0.438. The van der Waals surface area contributed by atoms with E-state index in [4.69, 9.17) is 0 Å².